The summed E-state index contributed by atoms with van der Waals surface area (Å²) in [4.78, 5) is 17.1. The number of aromatic nitrogens is 2. The van der Waals surface area contributed by atoms with E-state index >= 15 is 0 Å². The molecule has 5 nitrogen and oxygen atoms in total. The summed E-state index contributed by atoms with van der Waals surface area (Å²) in [5, 5.41) is 3.80. The molecule has 0 saturated carbocycles. The predicted octanol–water partition coefficient (Wildman–Crippen LogP) is 2.57. The summed E-state index contributed by atoms with van der Waals surface area (Å²) in [6, 6.07) is 1.65. The zero-order valence-electron chi connectivity index (χ0n) is 11.5. The molecular formula is C14H15ClN4OS. The van der Waals surface area contributed by atoms with Gasteiger partial charge in [0.2, 0.25) is 0 Å². The Morgan fingerprint density at radius 2 is 2.43 bits per heavy atom. The number of anilines is 1. The molecule has 2 aromatic heterocycles. The zero-order chi connectivity index (χ0) is 15.2. The van der Waals surface area contributed by atoms with Crippen molar-refractivity contribution in [1.82, 2.24) is 9.55 Å². The molecule has 7 heteroatoms. The first-order valence-electron chi connectivity index (χ1n) is 6.45. The number of carbonyl (C=O) groups excluding carboxylic acids is 1. The molecule has 2 rings (SSSR count). The Morgan fingerprint density at radius 1 is 1.62 bits per heavy atom. The maximum absolute atomic E-state index is 12.3. The van der Waals surface area contributed by atoms with Gasteiger partial charge in [0.15, 0.2) is 5.13 Å². The standard InChI is InChI=1S/C14H15ClN4OS/c1-2-6-19-9-10(15)7-12(19)13(20)18-14-17-8-11(21-14)4-3-5-16/h7-9H,2,5-6,16H2,1H3,(H,17,18,20). The molecule has 1 amide bonds. The first kappa shape index (κ1) is 15.6. The number of carbonyl (C=O) groups is 1. The minimum absolute atomic E-state index is 0.233. The van der Waals surface area contributed by atoms with E-state index in [0.717, 1.165) is 17.8 Å². The number of nitrogens with one attached hydrogen (secondary N) is 1. The van der Waals surface area contributed by atoms with E-state index in [1.807, 2.05) is 11.5 Å². The molecule has 0 radical (unpaired) electrons. The molecular weight excluding hydrogens is 308 g/mol. The molecule has 3 N–H and O–H groups in total. The average Bonchev–Trinajstić information content (AvgIpc) is 3.04. The van der Waals surface area contributed by atoms with Crippen LogP contribution < -0.4 is 11.1 Å². The molecule has 0 bridgehead atoms. The van der Waals surface area contributed by atoms with Crippen LogP contribution >= 0.6 is 22.9 Å². The largest absolute Gasteiger partial charge is 0.342 e. The van der Waals surface area contributed by atoms with E-state index in [4.69, 9.17) is 17.3 Å². The monoisotopic (exact) mass is 322 g/mol. The fourth-order valence-corrected chi connectivity index (χ4v) is 2.69. The first-order chi connectivity index (χ1) is 10.1. The van der Waals surface area contributed by atoms with Crippen LogP contribution in [0.4, 0.5) is 5.13 Å². The summed E-state index contributed by atoms with van der Waals surface area (Å²) >= 11 is 7.27. The number of thiazole rings is 1. The summed E-state index contributed by atoms with van der Waals surface area (Å²) < 4.78 is 1.83. The molecule has 0 atom stereocenters. The fourth-order valence-electron chi connectivity index (χ4n) is 1.78. The van der Waals surface area contributed by atoms with E-state index in [0.29, 0.717) is 22.4 Å². The van der Waals surface area contributed by atoms with Gasteiger partial charge in [0, 0.05) is 12.7 Å². The van der Waals surface area contributed by atoms with E-state index < -0.39 is 0 Å². The van der Waals surface area contributed by atoms with Crippen molar-refractivity contribution in [2.75, 3.05) is 11.9 Å². The summed E-state index contributed by atoms with van der Waals surface area (Å²) in [6.07, 6.45) is 4.28. The SMILES string of the molecule is CCCn1cc(Cl)cc1C(=O)Nc1ncc(C#CCN)s1. The summed E-state index contributed by atoms with van der Waals surface area (Å²) in [7, 11) is 0. The number of hydrogen-bond acceptors (Lipinski definition) is 4. The molecule has 0 aromatic carbocycles. The van der Waals surface area contributed by atoms with Gasteiger partial charge in [-0.1, -0.05) is 41.7 Å². The van der Waals surface area contributed by atoms with Crippen LogP contribution in [0.1, 0.15) is 28.7 Å². The van der Waals surface area contributed by atoms with E-state index in [1.165, 1.54) is 11.3 Å². The summed E-state index contributed by atoms with van der Waals surface area (Å²) in [5.74, 6) is 5.39. The van der Waals surface area contributed by atoms with Crippen LogP contribution in [-0.2, 0) is 6.54 Å². The van der Waals surface area contributed by atoms with Gasteiger partial charge in [-0.15, -0.1) is 0 Å². The third-order valence-electron chi connectivity index (χ3n) is 2.60. The highest BCUT2D eigenvalue weighted by molar-refractivity contribution is 7.16. The Morgan fingerprint density at radius 3 is 3.14 bits per heavy atom. The highest BCUT2D eigenvalue weighted by Gasteiger charge is 2.14. The molecule has 0 spiro atoms. The maximum Gasteiger partial charge on any atom is 0.274 e. The maximum atomic E-state index is 12.3. The van der Waals surface area contributed by atoms with Crippen molar-refractivity contribution in [1.29, 1.82) is 0 Å². The lowest BCUT2D eigenvalue weighted by atomic mass is 10.4. The highest BCUT2D eigenvalue weighted by Crippen LogP contribution is 2.20. The normalized spacial score (nSPS) is 10.0. The van der Waals surface area contributed by atoms with Crippen molar-refractivity contribution in [3.63, 3.8) is 0 Å². The first-order valence-corrected chi connectivity index (χ1v) is 7.65. The average molecular weight is 323 g/mol. The van der Waals surface area contributed by atoms with Gasteiger partial charge in [0.05, 0.1) is 22.6 Å². The summed E-state index contributed by atoms with van der Waals surface area (Å²) in [5.41, 5.74) is 5.83. The zero-order valence-corrected chi connectivity index (χ0v) is 13.1. The Hall–Kier alpha value is -1.81. The molecule has 110 valence electrons. The second kappa shape index (κ2) is 7.27. The van der Waals surface area contributed by atoms with Gasteiger partial charge in [0.1, 0.15) is 5.69 Å². The van der Waals surface area contributed by atoms with E-state index in [1.54, 1.807) is 18.5 Å². The van der Waals surface area contributed by atoms with Crippen molar-refractivity contribution in [2.24, 2.45) is 5.73 Å². The molecule has 2 heterocycles. The van der Waals surface area contributed by atoms with Crippen molar-refractivity contribution in [3.05, 3.63) is 34.1 Å². The Kier molecular flexibility index (Phi) is 5.39. The molecule has 0 aliphatic rings. The third kappa shape index (κ3) is 4.08. The molecule has 0 aliphatic carbocycles. The minimum Gasteiger partial charge on any atom is -0.342 e. The van der Waals surface area contributed by atoms with Crippen LogP contribution in [-0.4, -0.2) is 22.0 Å². The molecule has 0 fully saturated rings. The van der Waals surface area contributed by atoms with Crippen molar-refractivity contribution in [3.8, 4) is 11.8 Å². The molecule has 0 unspecified atom stereocenters. The summed E-state index contributed by atoms with van der Waals surface area (Å²) in [6.45, 7) is 3.07. The van der Waals surface area contributed by atoms with Crippen molar-refractivity contribution < 1.29 is 4.79 Å². The second-order valence-corrected chi connectivity index (χ2v) is 5.69. The van der Waals surface area contributed by atoms with Gasteiger partial charge in [-0.2, -0.15) is 0 Å². The van der Waals surface area contributed by atoms with Crippen LogP contribution in [0.3, 0.4) is 0 Å². The van der Waals surface area contributed by atoms with E-state index in [-0.39, 0.29) is 5.91 Å². The number of nitrogens with two attached hydrogens (primary N) is 1. The van der Waals surface area contributed by atoms with Gasteiger partial charge in [-0.05, 0) is 12.5 Å². The fraction of sp³-hybridized carbons (Fsp3) is 0.286. The van der Waals surface area contributed by atoms with Crippen LogP contribution in [0.5, 0.6) is 0 Å². The van der Waals surface area contributed by atoms with Crippen molar-refractivity contribution >= 4 is 34.0 Å². The lowest BCUT2D eigenvalue weighted by molar-refractivity contribution is 0.101. The number of aryl methyl sites for hydroxylation is 1. The van der Waals surface area contributed by atoms with Crippen LogP contribution in [0, 0.1) is 11.8 Å². The van der Waals surface area contributed by atoms with Crippen molar-refractivity contribution in [2.45, 2.75) is 19.9 Å². The number of hydrogen-bond donors (Lipinski definition) is 2. The topological polar surface area (TPSA) is 72.9 Å². The Balaban J connectivity index is 2.12. The van der Waals surface area contributed by atoms with E-state index in [2.05, 4.69) is 22.1 Å². The van der Waals surface area contributed by atoms with Crippen LogP contribution in [0.15, 0.2) is 18.5 Å². The number of amides is 1. The predicted molar refractivity (Wildman–Crippen MR) is 85.7 cm³/mol. The molecule has 21 heavy (non-hydrogen) atoms. The van der Waals surface area contributed by atoms with Gasteiger partial charge < -0.3 is 10.3 Å². The quantitative estimate of drug-likeness (QED) is 0.850. The minimum atomic E-state index is -0.233. The highest BCUT2D eigenvalue weighted by atomic mass is 35.5. The van der Waals surface area contributed by atoms with Gasteiger partial charge >= 0.3 is 0 Å². The molecule has 0 saturated heterocycles. The van der Waals surface area contributed by atoms with Gasteiger partial charge in [-0.3, -0.25) is 10.1 Å². The number of nitrogens with zero attached hydrogens (tertiary/aromatic N) is 2. The second-order valence-electron chi connectivity index (χ2n) is 4.23. The molecule has 2 aromatic rings. The Labute approximate surface area is 132 Å². The smallest absolute Gasteiger partial charge is 0.274 e. The van der Waals surface area contributed by atoms with Crippen LogP contribution in [0.25, 0.3) is 0 Å². The lowest BCUT2D eigenvalue weighted by Crippen LogP contribution is -2.16. The molecule has 0 aliphatic heterocycles. The van der Waals surface area contributed by atoms with E-state index in [9.17, 15) is 4.79 Å². The van der Waals surface area contributed by atoms with Crippen LogP contribution in [0.2, 0.25) is 5.02 Å². The third-order valence-corrected chi connectivity index (χ3v) is 3.64. The van der Waals surface area contributed by atoms with Gasteiger partial charge in [-0.25, -0.2) is 4.98 Å². The lowest BCUT2D eigenvalue weighted by Gasteiger charge is -2.06. The Bertz CT molecular complexity index is 695. The number of rotatable bonds is 4. The van der Waals surface area contributed by atoms with Gasteiger partial charge in [0.25, 0.3) is 5.91 Å². The number of halogens is 1.